The summed E-state index contributed by atoms with van der Waals surface area (Å²) in [6, 6.07) is 0. The monoisotopic (exact) mass is 210 g/mol. The third-order valence-corrected chi connectivity index (χ3v) is 1.08. The highest BCUT2D eigenvalue weighted by Gasteiger charge is 2.12. The zero-order valence-corrected chi connectivity index (χ0v) is 7.57. The van der Waals surface area contributed by atoms with Crippen LogP contribution in [0, 0.1) is 0 Å². The van der Waals surface area contributed by atoms with Gasteiger partial charge in [0.05, 0.1) is 6.61 Å². The van der Waals surface area contributed by atoms with Crippen LogP contribution in [0.1, 0.15) is 6.92 Å². The smallest absolute Gasteiger partial charge is 0.212 e. The predicted octanol–water partition coefficient (Wildman–Crippen LogP) is -3.21. The lowest BCUT2D eigenvalue weighted by atomic mass is 10.2. The van der Waals surface area contributed by atoms with Gasteiger partial charge in [0.2, 0.25) is 6.29 Å². The van der Waals surface area contributed by atoms with Crippen LogP contribution in [-0.4, -0.2) is 62.7 Å². The number of Topliss-reactive ketones (excluding diaryl/α,β-unsaturated/α-hetero) is 1. The molecule has 0 spiro atoms. The normalized spacial score (nSPS) is 13.9. The van der Waals surface area contributed by atoms with E-state index in [1.807, 2.05) is 0 Å². The van der Waals surface area contributed by atoms with E-state index in [1.165, 1.54) is 0 Å². The maximum atomic E-state index is 9.64. The molecule has 7 heteroatoms. The van der Waals surface area contributed by atoms with Gasteiger partial charge in [-0.3, -0.25) is 4.79 Å². The van der Waals surface area contributed by atoms with Crippen LogP contribution in [0.3, 0.4) is 0 Å². The Morgan fingerprint density at radius 1 is 1.29 bits per heavy atom. The molecule has 0 aromatic rings. The van der Waals surface area contributed by atoms with Crippen molar-refractivity contribution in [3.8, 4) is 0 Å². The van der Waals surface area contributed by atoms with Gasteiger partial charge in [-0.2, -0.15) is 0 Å². The average Bonchev–Trinajstić information content (AvgIpc) is 2.16. The summed E-state index contributed by atoms with van der Waals surface area (Å²) in [7, 11) is 0. The molecule has 0 saturated heterocycles. The highest BCUT2D eigenvalue weighted by Crippen LogP contribution is 1.85. The number of ketones is 1. The van der Waals surface area contributed by atoms with Gasteiger partial charge in [0.25, 0.3) is 0 Å². The maximum Gasteiger partial charge on any atom is 0.212 e. The first-order chi connectivity index (χ1) is 6.36. The maximum absolute atomic E-state index is 9.64. The van der Waals surface area contributed by atoms with Gasteiger partial charge in [0, 0.05) is 0 Å². The summed E-state index contributed by atoms with van der Waals surface area (Å²) in [5.41, 5.74) is 0. The molecule has 0 aliphatic carbocycles. The van der Waals surface area contributed by atoms with Crippen LogP contribution in [-0.2, 0) is 9.59 Å². The van der Waals surface area contributed by atoms with Gasteiger partial charge in [-0.25, -0.2) is 0 Å². The molecule has 0 aromatic heterocycles. The molecule has 0 heterocycles. The quantitative estimate of drug-likeness (QED) is 0.243. The summed E-state index contributed by atoms with van der Waals surface area (Å²) in [5, 5.41) is 40.5. The van der Waals surface area contributed by atoms with Crippen LogP contribution in [0.5, 0.6) is 0 Å². The van der Waals surface area contributed by atoms with Crippen molar-refractivity contribution in [2.75, 3.05) is 6.61 Å². The van der Waals surface area contributed by atoms with Crippen molar-refractivity contribution < 1.29 is 35.1 Å². The van der Waals surface area contributed by atoms with E-state index in [1.54, 1.807) is 0 Å². The molecule has 0 aromatic carbocycles. The molecule has 7 nitrogen and oxygen atoms in total. The minimum absolute atomic E-state index is 0.168. The van der Waals surface area contributed by atoms with Crippen LogP contribution < -0.4 is 0 Å². The Hall–Kier alpha value is -0.860. The SMILES string of the molecule is CC(=O)C(O)O.O=C[C@H](O)[C@H](O)CO. The minimum Gasteiger partial charge on any atom is -0.394 e. The van der Waals surface area contributed by atoms with Crippen LogP contribution >= 0.6 is 0 Å². The Morgan fingerprint density at radius 3 is 1.71 bits per heavy atom. The molecular formula is C7H14O7. The second-order valence-electron chi connectivity index (χ2n) is 2.36. The largest absolute Gasteiger partial charge is 0.394 e. The molecule has 84 valence electrons. The standard InChI is InChI=1S/C4H8O4.C3H6O3/c5-1-3(7)4(8)2-6;1-2(4)3(5)6/h1,3-4,6-8H,2H2;3,5-6H,1H3/t3-,4+;/m0./s1. The Morgan fingerprint density at radius 2 is 1.64 bits per heavy atom. The molecular weight excluding hydrogens is 196 g/mol. The molecule has 0 aliphatic rings. The van der Waals surface area contributed by atoms with Gasteiger partial charge < -0.3 is 30.3 Å². The van der Waals surface area contributed by atoms with E-state index in [-0.39, 0.29) is 6.29 Å². The molecule has 0 radical (unpaired) electrons. The fourth-order valence-corrected chi connectivity index (χ4v) is 0.199. The zero-order valence-electron chi connectivity index (χ0n) is 7.57. The van der Waals surface area contributed by atoms with Crippen LogP contribution in [0.4, 0.5) is 0 Å². The third-order valence-electron chi connectivity index (χ3n) is 1.08. The summed E-state index contributed by atoms with van der Waals surface area (Å²) in [6.45, 7) is 0.505. The topological polar surface area (TPSA) is 135 Å². The molecule has 0 amide bonds. The van der Waals surface area contributed by atoms with E-state index in [9.17, 15) is 9.59 Å². The van der Waals surface area contributed by atoms with Crippen molar-refractivity contribution in [2.45, 2.75) is 25.4 Å². The lowest BCUT2D eigenvalue weighted by Crippen LogP contribution is -2.30. The van der Waals surface area contributed by atoms with Crippen LogP contribution in [0.15, 0.2) is 0 Å². The van der Waals surface area contributed by atoms with E-state index in [4.69, 9.17) is 25.5 Å². The second-order valence-corrected chi connectivity index (χ2v) is 2.36. The van der Waals surface area contributed by atoms with Crippen molar-refractivity contribution in [3.63, 3.8) is 0 Å². The highest BCUT2D eigenvalue weighted by molar-refractivity contribution is 5.78. The van der Waals surface area contributed by atoms with Gasteiger partial charge in [-0.05, 0) is 6.92 Å². The number of carbonyl (C=O) groups excluding carboxylic acids is 2. The number of rotatable bonds is 4. The summed E-state index contributed by atoms with van der Waals surface area (Å²) >= 11 is 0. The van der Waals surface area contributed by atoms with Gasteiger partial charge in [-0.1, -0.05) is 0 Å². The summed E-state index contributed by atoms with van der Waals surface area (Å²) in [6.07, 6.45) is -4.42. The summed E-state index contributed by atoms with van der Waals surface area (Å²) in [4.78, 5) is 19.2. The third kappa shape index (κ3) is 9.23. The van der Waals surface area contributed by atoms with E-state index >= 15 is 0 Å². The Labute approximate surface area is 80.2 Å². The van der Waals surface area contributed by atoms with Crippen molar-refractivity contribution in [1.82, 2.24) is 0 Å². The summed E-state index contributed by atoms with van der Waals surface area (Å²) in [5.74, 6) is -0.630. The average molecular weight is 210 g/mol. The summed E-state index contributed by atoms with van der Waals surface area (Å²) < 4.78 is 0. The number of aliphatic hydroxyl groups excluding tert-OH is 4. The minimum atomic E-state index is -1.79. The molecule has 0 fully saturated rings. The first-order valence-electron chi connectivity index (χ1n) is 3.65. The lowest BCUT2D eigenvalue weighted by molar-refractivity contribution is -0.142. The Kier molecular flexibility index (Phi) is 9.73. The van der Waals surface area contributed by atoms with Gasteiger partial charge >= 0.3 is 0 Å². The molecule has 2 atom stereocenters. The first kappa shape index (κ1) is 15.6. The van der Waals surface area contributed by atoms with Gasteiger partial charge in [0.15, 0.2) is 12.1 Å². The first-order valence-corrected chi connectivity index (χ1v) is 3.65. The molecule has 0 bridgehead atoms. The second kappa shape index (κ2) is 8.73. The Bertz CT molecular complexity index is 167. The molecule has 5 N–H and O–H groups in total. The van der Waals surface area contributed by atoms with E-state index < -0.39 is 30.9 Å². The van der Waals surface area contributed by atoms with Gasteiger partial charge in [-0.15, -0.1) is 0 Å². The number of carbonyl (C=O) groups is 2. The van der Waals surface area contributed by atoms with Crippen LogP contribution in [0.2, 0.25) is 0 Å². The highest BCUT2D eigenvalue weighted by atomic mass is 16.5. The van der Waals surface area contributed by atoms with Gasteiger partial charge in [0.1, 0.15) is 12.2 Å². The van der Waals surface area contributed by atoms with Crippen molar-refractivity contribution in [2.24, 2.45) is 0 Å². The lowest BCUT2D eigenvalue weighted by Gasteiger charge is -2.06. The number of hydrogen-bond donors (Lipinski definition) is 5. The molecule has 0 saturated carbocycles. The number of aldehydes is 1. The number of hydrogen-bond acceptors (Lipinski definition) is 7. The van der Waals surface area contributed by atoms with Crippen molar-refractivity contribution >= 4 is 12.1 Å². The van der Waals surface area contributed by atoms with E-state index in [2.05, 4.69) is 0 Å². The molecule has 14 heavy (non-hydrogen) atoms. The predicted molar refractivity (Wildman–Crippen MR) is 44.1 cm³/mol. The van der Waals surface area contributed by atoms with E-state index in [0.29, 0.717) is 0 Å². The molecule has 0 rings (SSSR count). The van der Waals surface area contributed by atoms with E-state index in [0.717, 1.165) is 6.92 Å². The molecule has 0 unspecified atom stereocenters. The Balaban J connectivity index is 0. The fourth-order valence-electron chi connectivity index (χ4n) is 0.199. The van der Waals surface area contributed by atoms with Crippen molar-refractivity contribution in [3.05, 3.63) is 0 Å². The zero-order chi connectivity index (χ0) is 11.7. The van der Waals surface area contributed by atoms with Crippen molar-refractivity contribution in [1.29, 1.82) is 0 Å². The van der Waals surface area contributed by atoms with Crippen LogP contribution in [0.25, 0.3) is 0 Å². The number of aliphatic hydroxyl groups is 5. The molecule has 0 aliphatic heterocycles. The fraction of sp³-hybridized carbons (Fsp3) is 0.714.